The van der Waals surface area contributed by atoms with Crippen molar-refractivity contribution in [1.29, 1.82) is 0 Å². The Labute approximate surface area is 147 Å². The van der Waals surface area contributed by atoms with E-state index in [1.165, 1.54) is 12.8 Å². The van der Waals surface area contributed by atoms with Crippen LogP contribution in [0.15, 0.2) is 36.5 Å². The lowest BCUT2D eigenvalue weighted by molar-refractivity contribution is 0.0952. The summed E-state index contributed by atoms with van der Waals surface area (Å²) < 4.78 is 5.20. The molecule has 2 aromatic rings. The molecule has 25 heavy (non-hydrogen) atoms. The number of nitrogens with one attached hydrogen (secondary N) is 2. The van der Waals surface area contributed by atoms with Gasteiger partial charge in [0.05, 0.1) is 24.6 Å². The van der Waals surface area contributed by atoms with Gasteiger partial charge >= 0.3 is 0 Å². The van der Waals surface area contributed by atoms with Crippen molar-refractivity contribution in [2.45, 2.75) is 12.8 Å². The van der Waals surface area contributed by atoms with Gasteiger partial charge in [0, 0.05) is 32.2 Å². The zero-order valence-electron chi connectivity index (χ0n) is 14.4. The number of carbonyl (C=O) groups excluding carboxylic acids is 1. The molecule has 1 saturated heterocycles. The molecule has 132 valence electrons. The second-order valence-electron chi connectivity index (χ2n) is 5.88. The molecule has 0 spiro atoms. The van der Waals surface area contributed by atoms with Gasteiger partial charge in [-0.2, -0.15) is 5.10 Å². The summed E-state index contributed by atoms with van der Waals surface area (Å²) in [7, 11) is 1.56. The van der Waals surface area contributed by atoms with Crippen LogP contribution < -0.4 is 20.3 Å². The smallest absolute Gasteiger partial charge is 0.255 e. The third-order valence-electron chi connectivity index (χ3n) is 4.18. The van der Waals surface area contributed by atoms with E-state index in [0.29, 0.717) is 24.4 Å². The predicted molar refractivity (Wildman–Crippen MR) is 97.3 cm³/mol. The third-order valence-corrected chi connectivity index (χ3v) is 4.18. The Balaban J connectivity index is 1.48. The van der Waals surface area contributed by atoms with Crippen molar-refractivity contribution in [3.8, 4) is 5.75 Å². The lowest BCUT2D eigenvalue weighted by Crippen LogP contribution is -2.29. The van der Waals surface area contributed by atoms with Crippen LogP contribution in [-0.4, -0.2) is 49.4 Å². The number of ether oxygens (including phenoxy) is 1. The molecular weight excluding hydrogens is 318 g/mol. The first-order valence-corrected chi connectivity index (χ1v) is 8.50. The number of rotatable bonds is 7. The molecule has 1 fully saturated rings. The van der Waals surface area contributed by atoms with Crippen molar-refractivity contribution < 1.29 is 9.53 Å². The van der Waals surface area contributed by atoms with E-state index in [2.05, 4.69) is 25.7 Å². The molecule has 0 unspecified atom stereocenters. The largest absolute Gasteiger partial charge is 0.496 e. The van der Waals surface area contributed by atoms with E-state index in [-0.39, 0.29) is 5.91 Å². The molecule has 1 aromatic heterocycles. The number of methoxy groups -OCH3 is 1. The molecule has 2 N–H and O–H groups in total. The van der Waals surface area contributed by atoms with Crippen molar-refractivity contribution >= 4 is 17.4 Å². The van der Waals surface area contributed by atoms with Crippen LogP contribution in [0.4, 0.5) is 11.5 Å². The molecule has 7 nitrogen and oxygen atoms in total. The number of hydrogen-bond acceptors (Lipinski definition) is 6. The molecule has 7 heteroatoms. The number of nitrogens with zero attached hydrogens (tertiary/aromatic N) is 3. The first-order chi connectivity index (χ1) is 12.3. The third kappa shape index (κ3) is 4.37. The van der Waals surface area contributed by atoms with E-state index < -0.39 is 0 Å². The van der Waals surface area contributed by atoms with E-state index >= 15 is 0 Å². The van der Waals surface area contributed by atoms with Crippen molar-refractivity contribution in [1.82, 2.24) is 15.5 Å². The average molecular weight is 341 g/mol. The second kappa shape index (κ2) is 8.32. The Morgan fingerprint density at radius 1 is 1.24 bits per heavy atom. The molecular formula is C18H23N5O2. The van der Waals surface area contributed by atoms with E-state index in [1.54, 1.807) is 25.4 Å². The van der Waals surface area contributed by atoms with Gasteiger partial charge in [0.15, 0.2) is 5.82 Å². The summed E-state index contributed by atoms with van der Waals surface area (Å²) in [6, 6.07) is 9.16. The van der Waals surface area contributed by atoms with Gasteiger partial charge in [0.25, 0.3) is 5.91 Å². The zero-order valence-corrected chi connectivity index (χ0v) is 14.4. The van der Waals surface area contributed by atoms with Crippen LogP contribution in [0, 0.1) is 0 Å². The standard InChI is InChI=1S/C18H23N5O2/c1-25-16-7-3-2-6-15(16)18(24)20-9-8-19-17-12-14(13-21-22-17)23-10-4-5-11-23/h2-3,6-7,12-13H,4-5,8-11H2,1H3,(H,19,22)(H,20,24). The van der Waals surface area contributed by atoms with Crippen LogP contribution in [0.25, 0.3) is 0 Å². The maximum Gasteiger partial charge on any atom is 0.255 e. The monoisotopic (exact) mass is 341 g/mol. The van der Waals surface area contributed by atoms with E-state index in [9.17, 15) is 4.79 Å². The number of hydrogen-bond donors (Lipinski definition) is 2. The first kappa shape index (κ1) is 17.0. The topological polar surface area (TPSA) is 79.4 Å². The first-order valence-electron chi connectivity index (χ1n) is 8.50. The predicted octanol–water partition coefficient (Wildman–Crippen LogP) is 1.93. The van der Waals surface area contributed by atoms with Crippen molar-refractivity contribution in [3.05, 3.63) is 42.1 Å². The molecule has 0 bridgehead atoms. The van der Waals surface area contributed by atoms with Crippen LogP contribution in [0.5, 0.6) is 5.75 Å². The normalized spacial score (nSPS) is 13.6. The lowest BCUT2D eigenvalue weighted by atomic mass is 10.2. The van der Waals surface area contributed by atoms with E-state index in [4.69, 9.17) is 4.74 Å². The van der Waals surface area contributed by atoms with Crippen molar-refractivity contribution in [3.63, 3.8) is 0 Å². The Kier molecular flexibility index (Phi) is 5.66. The molecule has 1 aliphatic rings. The van der Waals surface area contributed by atoms with Gasteiger partial charge in [-0.1, -0.05) is 12.1 Å². The van der Waals surface area contributed by atoms with Gasteiger partial charge in [-0.05, 0) is 25.0 Å². The van der Waals surface area contributed by atoms with E-state index in [0.717, 1.165) is 24.6 Å². The Hall–Kier alpha value is -2.83. The minimum Gasteiger partial charge on any atom is -0.496 e. The quantitative estimate of drug-likeness (QED) is 0.749. The molecule has 0 aliphatic carbocycles. The van der Waals surface area contributed by atoms with Crippen LogP contribution in [0.1, 0.15) is 23.2 Å². The average Bonchev–Trinajstić information content (AvgIpc) is 3.20. The number of aromatic nitrogens is 2. The highest BCUT2D eigenvalue weighted by Crippen LogP contribution is 2.20. The summed E-state index contributed by atoms with van der Waals surface area (Å²) in [6.45, 7) is 3.19. The van der Waals surface area contributed by atoms with Crippen LogP contribution in [0.3, 0.4) is 0 Å². The van der Waals surface area contributed by atoms with Gasteiger partial charge in [-0.3, -0.25) is 4.79 Å². The fourth-order valence-corrected chi connectivity index (χ4v) is 2.89. The fourth-order valence-electron chi connectivity index (χ4n) is 2.89. The van der Waals surface area contributed by atoms with Crippen molar-refractivity contribution in [2.24, 2.45) is 0 Å². The van der Waals surface area contributed by atoms with Crippen molar-refractivity contribution in [2.75, 3.05) is 43.5 Å². The molecule has 0 saturated carbocycles. The van der Waals surface area contributed by atoms with Gasteiger partial charge < -0.3 is 20.3 Å². The number of benzene rings is 1. The molecule has 1 aliphatic heterocycles. The van der Waals surface area contributed by atoms with Gasteiger partial charge in [0.1, 0.15) is 5.75 Å². The van der Waals surface area contributed by atoms with Crippen LogP contribution >= 0.6 is 0 Å². The molecule has 3 rings (SSSR count). The zero-order chi connectivity index (χ0) is 17.5. The number of anilines is 2. The summed E-state index contributed by atoms with van der Waals surface area (Å²) in [6.07, 6.45) is 4.24. The van der Waals surface area contributed by atoms with Gasteiger partial charge in [0.2, 0.25) is 0 Å². The minimum absolute atomic E-state index is 0.156. The Morgan fingerprint density at radius 2 is 2.04 bits per heavy atom. The summed E-state index contributed by atoms with van der Waals surface area (Å²) >= 11 is 0. The van der Waals surface area contributed by atoms with Crippen LogP contribution in [-0.2, 0) is 0 Å². The number of para-hydroxylation sites is 1. The van der Waals surface area contributed by atoms with Gasteiger partial charge in [-0.15, -0.1) is 5.10 Å². The highest BCUT2D eigenvalue weighted by Gasteiger charge is 2.13. The summed E-state index contributed by atoms with van der Waals surface area (Å²) in [5, 5.41) is 14.2. The molecule has 0 atom stereocenters. The van der Waals surface area contributed by atoms with Gasteiger partial charge in [-0.25, -0.2) is 0 Å². The number of amides is 1. The minimum atomic E-state index is -0.156. The highest BCUT2D eigenvalue weighted by atomic mass is 16.5. The summed E-state index contributed by atoms with van der Waals surface area (Å²) in [4.78, 5) is 14.5. The maximum atomic E-state index is 12.2. The maximum absolute atomic E-state index is 12.2. The fraction of sp³-hybridized carbons (Fsp3) is 0.389. The lowest BCUT2D eigenvalue weighted by Gasteiger charge is -2.17. The highest BCUT2D eigenvalue weighted by molar-refractivity contribution is 5.96. The summed E-state index contributed by atoms with van der Waals surface area (Å²) in [5.74, 6) is 1.13. The molecule has 1 amide bonds. The van der Waals surface area contributed by atoms with Crippen LogP contribution in [0.2, 0.25) is 0 Å². The SMILES string of the molecule is COc1ccccc1C(=O)NCCNc1cc(N2CCCC2)cnn1. The molecule has 0 radical (unpaired) electrons. The second-order valence-corrected chi connectivity index (χ2v) is 5.88. The summed E-state index contributed by atoms with van der Waals surface area (Å²) in [5.41, 5.74) is 1.62. The Morgan fingerprint density at radius 3 is 2.84 bits per heavy atom. The van der Waals surface area contributed by atoms with E-state index in [1.807, 2.05) is 18.2 Å². The number of carbonyl (C=O) groups is 1. The molecule has 2 heterocycles. The Bertz CT molecular complexity index is 716. The molecule has 1 aromatic carbocycles.